The van der Waals surface area contributed by atoms with Crippen LogP contribution in [0.2, 0.25) is 0 Å². The van der Waals surface area contributed by atoms with Crippen LogP contribution < -0.4 is 10.6 Å². The highest BCUT2D eigenvalue weighted by atomic mass is 32.1. The molecule has 0 unspecified atom stereocenters. The molecule has 3 rings (SSSR count). The number of hydrogen-bond donors (Lipinski definition) is 2. The van der Waals surface area contributed by atoms with Crippen molar-refractivity contribution in [3.63, 3.8) is 0 Å². The fourth-order valence-corrected chi connectivity index (χ4v) is 3.42. The van der Waals surface area contributed by atoms with Crippen LogP contribution in [0.25, 0.3) is 0 Å². The van der Waals surface area contributed by atoms with Crippen molar-refractivity contribution in [1.29, 1.82) is 0 Å². The lowest BCUT2D eigenvalue weighted by molar-refractivity contribution is 0.0949. The summed E-state index contributed by atoms with van der Waals surface area (Å²) in [6.45, 7) is 4.11. The molecule has 2 N–H and O–H groups in total. The van der Waals surface area contributed by atoms with Crippen LogP contribution in [-0.4, -0.2) is 17.9 Å². The zero-order chi connectivity index (χ0) is 16.4. The van der Waals surface area contributed by atoms with Crippen LogP contribution in [0.5, 0.6) is 0 Å². The molecule has 0 atom stereocenters. The smallest absolute Gasteiger partial charge is 0.265 e. The van der Waals surface area contributed by atoms with Crippen LogP contribution in [0.15, 0.2) is 30.3 Å². The van der Waals surface area contributed by atoms with Gasteiger partial charge in [-0.25, -0.2) is 0 Å². The molecule has 2 aromatic rings. The number of thiophene rings is 1. The predicted octanol–water partition coefficient (Wildman–Crippen LogP) is 3.76. The first-order chi connectivity index (χ1) is 11.1. The van der Waals surface area contributed by atoms with Gasteiger partial charge < -0.3 is 10.6 Å². The maximum atomic E-state index is 12.4. The lowest BCUT2D eigenvalue weighted by Crippen LogP contribution is -2.25. The normalized spacial score (nSPS) is 13.7. The summed E-state index contributed by atoms with van der Waals surface area (Å²) in [5.74, 6) is -0.207. The molecular weight excluding hydrogens is 308 g/mol. The van der Waals surface area contributed by atoms with E-state index in [-0.39, 0.29) is 11.8 Å². The van der Waals surface area contributed by atoms with Gasteiger partial charge in [-0.15, -0.1) is 11.3 Å². The van der Waals surface area contributed by atoms with Gasteiger partial charge >= 0.3 is 0 Å². The van der Waals surface area contributed by atoms with Crippen molar-refractivity contribution < 1.29 is 9.59 Å². The van der Waals surface area contributed by atoms with Gasteiger partial charge in [0.2, 0.25) is 0 Å². The monoisotopic (exact) mass is 328 g/mol. The highest BCUT2D eigenvalue weighted by Crippen LogP contribution is 2.24. The number of nitrogens with one attached hydrogen (secondary N) is 2. The van der Waals surface area contributed by atoms with E-state index in [1.807, 2.05) is 13.0 Å². The molecule has 1 aliphatic carbocycles. The van der Waals surface area contributed by atoms with E-state index in [9.17, 15) is 9.59 Å². The van der Waals surface area contributed by atoms with Gasteiger partial charge in [0, 0.05) is 22.2 Å². The van der Waals surface area contributed by atoms with Gasteiger partial charge in [-0.2, -0.15) is 0 Å². The number of anilines is 1. The molecule has 1 aromatic carbocycles. The van der Waals surface area contributed by atoms with E-state index in [1.54, 1.807) is 24.3 Å². The van der Waals surface area contributed by atoms with Crippen molar-refractivity contribution in [2.45, 2.75) is 39.2 Å². The molecule has 120 valence electrons. The van der Waals surface area contributed by atoms with Gasteiger partial charge in [0.1, 0.15) is 0 Å². The maximum Gasteiger partial charge on any atom is 0.265 e. The second kappa shape index (κ2) is 6.54. The Balaban J connectivity index is 1.71. The third-order valence-electron chi connectivity index (χ3n) is 3.86. The van der Waals surface area contributed by atoms with E-state index < -0.39 is 0 Å². The predicted molar refractivity (Wildman–Crippen MR) is 93.3 cm³/mol. The van der Waals surface area contributed by atoms with E-state index in [1.165, 1.54) is 16.2 Å². The Labute approximate surface area is 139 Å². The van der Waals surface area contributed by atoms with Crippen molar-refractivity contribution in [2.75, 3.05) is 5.32 Å². The van der Waals surface area contributed by atoms with Gasteiger partial charge in [-0.3, -0.25) is 9.59 Å². The zero-order valence-electron chi connectivity index (χ0n) is 13.3. The molecule has 4 nitrogen and oxygen atoms in total. The molecule has 1 aliphatic rings. The van der Waals surface area contributed by atoms with E-state index in [0.29, 0.717) is 22.2 Å². The molecule has 0 radical (unpaired) electrons. The fourth-order valence-electron chi connectivity index (χ4n) is 2.41. The number of rotatable bonds is 5. The number of benzene rings is 1. The summed E-state index contributed by atoms with van der Waals surface area (Å²) in [5, 5.41) is 5.83. The summed E-state index contributed by atoms with van der Waals surface area (Å²) in [4.78, 5) is 26.4. The Hall–Kier alpha value is -2.14. The number of hydrogen-bond acceptors (Lipinski definition) is 3. The number of aryl methyl sites for hydroxylation is 2. The van der Waals surface area contributed by atoms with Crippen molar-refractivity contribution in [3.05, 3.63) is 51.2 Å². The van der Waals surface area contributed by atoms with Gasteiger partial charge in [0.25, 0.3) is 11.8 Å². The van der Waals surface area contributed by atoms with Gasteiger partial charge in [-0.1, -0.05) is 13.0 Å². The van der Waals surface area contributed by atoms with E-state index in [4.69, 9.17) is 0 Å². The standard InChI is InChI=1S/C18H20N2O2S/c1-3-15-11(2)9-16(23-15)18(22)20-14-6-4-5-12(10-14)17(21)19-13-7-8-13/h4-6,9-10,13H,3,7-8H2,1-2H3,(H,19,21)(H,20,22). The number of carbonyl (C=O) groups excluding carboxylic acids is 2. The lowest BCUT2D eigenvalue weighted by atomic mass is 10.2. The van der Waals surface area contributed by atoms with Gasteiger partial charge in [-0.05, 0) is 56.0 Å². The Morgan fingerprint density at radius 2 is 2.00 bits per heavy atom. The Kier molecular flexibility index (Phi) is 4.48. The third kappa shape index (κ3) is 3.79. The Morgan fingerprint density at radius 1 is 1.22 bits per heavy atom. The van der Waals surface area contributed by atoms with Crippen LogP contribution >= 0.6 is 11.3 Å². The first-order valence-corrected chi connectivity index (χ1v) is 8.70. The molecule has 1 aromatic heterocycles. The van der Waals surface area contributed by atoms with Crippen LogP contribution in [0, 0.1) is 6.92 Å². The molecule has 1 saturated carbocycles. The minimum absolute atomic E-state index is 0.0798. The topological polar surface area (TPSA) is 58.2 Å². The number of carbonyl (C=O) groups is 2. The minimum atomic E-state index is -0.127. The molecule has 2 amide bonds. The van der Waals surface area contributed by atoms with Crippen molar-refractivity contribution in [2.24, 2.45) is 0 Å². The molecule has 1 fully saturated rings. The second-order valence-electron chi connectivity index (χ2n) is 5.85. The summed E-state index contributed by atoms with van der Waals surface area (Å²) in [7, 11) is 0. The quantitative estimate of drug-likeness (QED) is 0.878. The summed E-state index contributed by atoms with van der Waals surface area (Å²) < 4.78 is 0. The first-order valence-electron chi connectivity index (χ1n) is 7.88. The molecule has 0 saturated heterocycles. The SMILES string of the molecule is CCc1sc(C(=O)Nc2cccc(C(=O)NC3CC3)c2)cc1C. The van der Waals surface area contributed by atoms with E-state index in [2.05, 4.69) is 17.6 Å². The molecule has 23 heavy (non-hydrogen) atoms. The largest absolute Gasteiger partial charge is 0.349 e. The Morgan fingerprint density at radius 3 is 2.65 bits per heavy atom. The highest BCUT2D eigenvalue weighted by molar-refractivity contribution is 7.14. The number of amides is 2. The lowest BCUT2D eigenvalue weighted by Gasteiger charge is -2.07. The molecular formula is C18H20N2O2S. The third-order valence-corrected chi connectivity index (χ3v) is 5.24. The first kappa shape index (κ1) is 15.7. The van der Waals surface area contributed by atoms with Crippen LogP contribution in [0.4, 0.5) is 5.69 Å². The molecule has 0 aliphatic heterocycles. The van der Waals surface area contributed by atoms with Crippen LogP contribution in [0.3, 0.4) is 0 Å². The van der Waals surface area contributed by atoms with E-state index >= 15 is 0 Å². The second-order valence-corrected chi connectivity index (χ2v) is 6.99. The van der Waals surface area contributed by atoms with Crippen molar-refractivity contribution >= 4 is 28.8 Å². The highest BCUT2D eigenvalue weighted by Gasteiger charge is 2.23. The molecule has 0 bridgehead atoms. The van der Waals surface area contributed by atoms with Gasteiger partial charge in [0.15, 0.2) is 0 Å². The summed E-state index contributed by atoms with van der Waals surface area (Å²) in [5.41, 5.74) is 2.37. The van der Waals surface area contributed by atoms with Crippen LogP contribution in [0.1, 0.15) is 50.2 Å². The van der Waals surface area contributed by atoms with E-state index in [0.717, 1.165) is 24.8 Å². The summed E-state index contributed by atoms with van der Waals surface area (Å²) in [6, 6.07) is 9.31. The van der Waals surface area contributed by atoms with Gasteiger partial charge in [0.05, 0.1) is 4.88 Å². The average Bonchev–Trinajstić information content (AvgIpc) is 3.27. The zero-order valence-corrected chi connectivity index (χ0v) is 14.1. The maximum absolute atomic E-state index is 12.4. The molecule has 5 heteroatoms. The van der Waals surface area contributed by atoms with Crippen molar-refractivity contribution in [1.82, 2.24) is 5.32 Å². The van der Waals surface area contributed by atoms with Crippen molar-refractivity contribution in [3.8, 4) is 0 Å². The average molecular weight is 328 g/mol. The molecule has 0 spiro atoms. The molecule has 1 heterocycles. The summed E-state index contributed by atoms with van der Waals surface area (Å²) >= 11 is 1.52. The Bertz CT molecular complexity index is 747. The fraction of sp³-hybridized carbons (Fsp3) is 0.333. The van der Waals surface area contributed by atoms with Crippen LogP contribution in [-0.2, 0) is 6.42 Å². The summed E-state index contributed by atoms with van der Waals surface area (Å²) in [6.07, 6.45) is 3.04. The minimum Gasteiger partial charge on any atom is -0.349 e.